The molecule has 12 aromatic rings. The van der Waals surface area contributed by atoms with Gasteiger partial charge in [-0.15, -0.1) is 0 Å². The Labute approximate surface area is 718 Å². The van der Waals surface area contributed by atoms with Gasteiger partial charge in [-0.05, 0) is 219 Å². The Bertz CT molecular complexity index is 6150. The molecule has 0 fully saturated rings. The molecule has 6 heterocycles. The van der Waals surface area contributed by atoms with Crippen LogP contribution in [0.4, 0.5) is 17.1 Å². The molecule has 0 unspecified atom stereocenters. The lowest BCUT2D eigenvalue weighted by molar-refractivity contribution is 0.0926. The predicted octanol–water partition coefficient (Wildman–Crippen LogP) is 27.7. The van der Waals surface area contributed by atoms with Crippen LogP contribution in [0.5, 0.6) is 0 Å². The lowest BCUT2D eigenvalue weighted by Crippen LogP contribution is -2.29. The smallest absolute Gasteiger partial charge is 0.266 e. The maximum Gasteiger partial charge on any atom is 0.266 e. The van der Waals surface area contributed by atoms with E-state index in [0.29, 0.717) is 28.2 Å². The van der Waals surface area contributed by atoms with Crippen LogP contribution >= 0.6 is 0 Å². The Morgan fingerprint density at radius 2 is 0.529 bits per heavy atom. The molecule has 15 rings (SSSR count). The van der Waals surface area contributed by atoms with Crippen molar-refractivity contribution in [3.8, 4) is 68.2 Å². The molecule has 2 amide bonds. The summed E-state index contributed by atoms with van der Waals surface area (Å²) < 4.78 is 0. The van der Waals surface area contributed by atoms with E-state index in [1.165, 1.54) is 27.2 Å². The number of rotatable bonds is 7. The number of imide groups is 1. The number of nitrogens with one attached hydrogen (secondary N) is 2. The van der Waals surface area contributed by atoms with Gasteiger partial charge in [0.05, 0.1) is 61.7 Å². The van der Waals surface area contributed by atoms with E-state index in [-0.39, 0.29) is 43.3 Å². The van der Waals surface area contributed by atoms with E-state index in [1.54, 1.807) is 0 Å². The third-order valence-electron chi connectivity index (χ3n) is 24.3. The number of anilines is 3. The SMILES string of the molecule is CN(C)c1ccc(C#Cc2cc3c4[nH]c(c(-c5cc(C(C)(C)C)cc(C(C)(C)C)c5)c5nc(c(-c6cc(C(C)(C)C)cc(C(C)(C)C)c6)c6[nH]c(c(-c7cc(C(C)(C)C)cc(C(C)(C)C)c7)c7nc(c4-c4cc(C(C)(C)C)cc(C(C)(C)C)c4)C=C7)c4cc7c(cc64)C(=O)N(c4ccccc4)C7=O)C=C5)c3cc2C#Cc2ccc(N(C)C)cc2)cc1. The first-order chi connectivity index (χ1) is 56.5. The fourth-order valence-corrected chi connectivity index (χ4v) is 16.5. The molecule has 3 aromatic heterocycles. The molecule has 121 heavy (non-hydrogen) atoms. The van der Waals surface area contributed by atoms with Crippen LogP contribution in [0.25, 0.3) is 112 Å². The number of amides is 2. The van der Waals surface area contributed by atoms with Gasteiger partial charge in [0.2, 0.25) is 0 Å². The molecule has 0 aliphatic carbocycles. The van der Waals surface area contributed by atoms with Crippen LogP contribution in [0.1, 0.15) is 276 Å². The highest BCUT2D eigenvalue weighted by Gasteiger charge is 2.39. The summed E-state index contributed by atoms with van der Waals surface area (Å²) in [5.41, 5.74) is 26.9. The van der Waals surface area contributed by atoms with Crippen molar-refractivity contribution in [2.75, 3.05) is 42.9 Å². The van der Waals surface area contributed by atoms with E-state index < -0.39 is 11.8 Å². The van der Waals surface area contributed by atoms with E-state index in [2.05, 4.69) is 396 Å². The topological polar surface area (TPSA) is 101 Å². The first kappa shape index (κ1) is 84.0. The van der Waals surface area contributed by atoms with Crippen molar-refractivity contribution < 1.29 is 9.59 Å². The van der Waals surface area contributed by atoms with Crippen molar-refractivity contribution in [2.45, 2.75) is 209 Å². The van der Waals surface area contributed by atoms with Gasteiger partial charge in [-0.2, -0.15) is 0 Å². The molecule has 0 atom stereocenters. The summed E-state index contributed by atoms with van der Waals surface area (Å²) in [6.07, 6.45) is 8.85. The standard InChI is InChI=1S/C112H119N7O2/c1-105(2,3)74-50-70(51-75(60-74)106(4,5)6)95-91-46-48-93(113-91)97(72-54-78(109(13,14)15)62-79(55-72)110(16,17)18)101-87-64-89-90(104(121)119(103(89)120)84-32-30-29-31-33-84)65-88(87)102(116-101)98(73-56-80(111(19,20)21)63-81(57-73)112(22,23)24)94-49-47-92(114-94)96(71-52-76(107(7,8)9)61-77(53-71)108(10,11)12)100-86-59-69(41-35-67-38-44-83(45-39-67)118(27)28)68(58-85(86)99(95)115-100)40-34-66-36-42-82(43-37-66)117(25)26/h29-33,36-39,42-65,115-116H,1-28H3. The van der Waals surface area contributed by atoms with E-state index in [0.717, 1.165) is 155 Å². The third kappa shape index (κ3) is 16.4. The zero-order valence-electron chi connectivity index (χ0n) is 76.6. The lowest BCUT2D eigenvalue weighted by Gasteiger charge is -2.26. The number of para-hydroxylation sites is 1. The van der Waals surface area contributed by atoms with Crippen LogP contribution in [0.2, 0.25) is 0 Å². The minimum absolute atomic E-state index is 0.292. The third-order valence-corrected chi connectivity index (χ3v) is 24.3. The summed E-state index contributed by atoms with van der Waals surface area (Å²) in [6, 6.07) is 63.3. The van der Waals surface area contributed by atoms with Gasteiger partial charge >= 0.3 is 0 Å². The van der Waals surface area contributed by atoms with Gasteiger partial charge in [-0.25, -0.2) is 14.9 Å². The number of fused-ring (bicyclic) bond motifs is 15. The predicted molar refractivity (Wildman–Crippen MR) is 516 cm³/mol. The molecule has 8 bridgehead atoms. The Morgan fingerprint density at radius 3 is 0.760 bits per heavy atom. The van der Waals surface area contributed by atoms with Gasteiger partial charge in [0.15, 0.2) is 0 Å². The van der Waals surface area contributed by atoms with E-state index in [9.17, 15) is 0 Å². The fourth-order valence-electron chi connectivity index (χ4n) is 16.5. The monoisotopic (exact) mass is 1590 g/mol. The van der Waals surface area contributed by atoms with Crippen molar-refractivity contribution >= 4 is 96.8 Å². The fraction of sp³-hybridized carbons (Fsp3) is 0.321. The van der Waals surface area contributed by atoms with Gasteiger partial charge in [0, 0.05) is 106 Å². The summed E-state index contributed by atoms with van der Waals surface area (Å²) in [7, 11) is 8.23. The quantitative estimate of drug-likeness (QED) is 0.122. The molecule has 0 saturated heterocycles. The van der Waals surface area contributed by atoms with Gasteiger partial charge < -0.3 is 19.8 Å². The molecule has 9 heteroatoms. The van der Waals surface area contributed by atoms with E-state index in [4.69, 9.17) is 9.97 Å². The number of aromatic nitrogens is 4. The average Bonchev–Trinajstić information content (AvgIpc) is 1.56. The average molecular weight is 1600 g/mol. The second-order valence-corrected chi connectivity index (χ2v) is 42.4. The molecule has 0 spiro atoms. The number of benzene rings is 9. The number of carbonyl (C=O) groups excluding carboxylic acids is 2. The van der Waals surface area contributed by atoms with Crippen molar-refractivity contribution in [1.82, 2.24) is 19.9 Å². The summed E-state index contributed by atoms with van der Waals surface area (Å²) in [5, 5.41) is 3.35. The number of nitrogens with zero attached hydrogens (tertiary/aromatic N) is 5. The van der Waals surface area contributed by atoms with Crippen molar-refractivity contribution in [3.63, 3.8) is 0 Å². The largest absolute Gasteiger partial charge is 0.378 e. The maximum atomic E-state index is 15.7. The Kier molecular flexibility index (Phi) is 20.8. The highest BCUT2D eigenvalue weighted by Crippen LogP contribution is 2.50. The molecule has 9 nitrogen and oxygen atoms in total. The zero-order valence-corrected chi connectivity index (χ0v) is 76.6. The minimum atomic E-state index is -0.391. The maximum absolute atomic E-state index is 15.7. The van der Waals surface area contributed by atoms with Crippen LogP contribution in [-0.2, 0) is 43.3 Å². The molecule has 0 saturated carbocycles. The number of hydrogen-bond acceptors (Lipinski definition) is 6. The minimum Gasteiger partial charge on any atom is -0.378 e. The molecule has 3 aliphatic rings. The number of aromatic amines is 2. The van der Waals surface area contributed by atoms with Crippen molar-refractivity contribution in [1.29, 1.82) is 0 Å². The van der Waals surface area contributed by atoms with Gasteiger partial charge in [0.1, 0.15) is 0 Å². The van der Waals surface area contributed by atoms with Gasteiger partial charge in [-0.1, -0.05) is 281 Å². The van der Waals surface area contributed by atoms with E-state index >= 15 is 9.59 Å². The Hall–Kier alpha value is -12.0. The number of hydrogen-bond donors (Lipinski definition) is 2. The van der Waals surface area contributed by atoms with E-state index in [1.807, 2.05) is 42.5 Å². The normalized spacial score (nSPS) is 13.4. The molecule has 9 aromatic carbocycles. The summed E-state index contributed by atoms with van der Waals surface area (Å²) in [6.45, 7) is 55.1. The zero-order chi connectivity index (χ0) is 87.2. The summed E-state index contributed by atoms with van der Waals surface area (Å²) in [5.74, 6) is 14.1. The van der Waals surface area contributed by atoms with Crippen LogP contribution in [0.3, 0.4) is 0 Å². The Morgan fingerprint density at radius 1 is 0.289 bits per heavy atom. The molecule has 614 valence electrons. The van der Waals surface area contributed by atoms with Gasteiger partial charge in [-0.3, -0.25) is 9.59 Å². The first-order valence-electron chi connectivity index (χ1n) is 42.8. The second kappa shape index (κ2) is 30.0. The molecule has 3 aliphatic heterocycles. The lowest BCUT2D eigenvalue weighted by atomic mass is 9.78. The van der Waals surface area contributed by atoms with Crippen molar-refractivity contribution in [3.05, 3.63) is 277 Å². The second-order valence-electron chi connectivity index (χ2n) is 42.4. The molecular weight excluding hydrogens is 1480 g/mol. The van der Waals surface area contributed by atoms with Gasteiger partial charge in [0.25, 0.3) is 11.8 Å². The Balaban J connectivity index is 1.27. The summed E-state index contributed by atoms with van der Waals surface area (Å²) in [4.78, 5) is 58.2. The van der Waals surface area contributed by atoms with Crippen LogP contribution in [0.15, 0.2) is 176 Å². The van der Waals surface area contributed by atoms with Crippen LogP contribution in [0, 0.1) is 23.7 Å². The number of carbonyl (C=O) groups is 2. The molecular formula is C112H119N7O2. The van der Waals surface area contributed by atoms with Crippen LogP contribution < -0.4 is 14.7 Å². The first-order valence-corrected chi connectivity index (χ1v) is 42.8. The highest BCUT2D eigenvalue weighted by atomic mass is 16.2. The molecule has 0 radical (unpaired) electrons. The summed E-state index contributed by atoms with van der Waals surface area (Å²) >= 11 is 0. The number of H-pyrrole nitrogens is 2. The molecule has 2 N–H and O–H groups in total. The van der Waals surface area contributed by atoms with Crippen LogP contribution in [-0.4, -0.2) is 59.9 Å². The van der Waals surface area contributed by atoms with Crippen molar-refractivity contribution in [2.24, 2.45) is 0 Å². The highest BCUT2D eigenvalue weighted by molar-refractivity contribution is 6.36.